The van der Waals surface area contributed by atoms with E-state index in [4.69, 9.17) is 15.0 Å². The normalized spacial score (nSPS) is 12.4. The summed E-state index contributed by atoms with van der Waals surface area (Å²) in [5.74, 6) is 1.84. The summed E-state index contributed by atoms with van der Waals surface area (Å²) in [7, 11) is 1.62. The molecule has 1 aromatic carbocycles. The van der Waals surface area contributed by atoms with Gasteiger partial charge in [-0.25, -0.2) is 0 Å². The molecule has 2 rings (SSSR count). The molecular weight excluding hydrogens is 310 g/mol. The Morgan fingerprint density at radius 2 is 2.26 bits per heavy atom. The van der Waals surface area contributed by atoms with Gasteiger partial charge < -0.3 is 15.0 Å². The molecular formula is C13H16BrN3O2. The Kier molecular flexibility index (Phi) is 4.55. The number of ether oxygens (including phenoxy) is 1. The third-order valence-corrected chi connectivity index (χ3v) is 3.49. The van der Waals surface area contributed by atoms with Crippen LogP contribution in [0.1, 0.15) is 36.7 Å². The molecule has 0 amide bonds. The molecule has 5 nitrogen and oxygen atoms in total. The lowest BCUT2D eigenvalue weighted by molar-refractivity contribution is 0.370. The van der Waals surface area contributed by atoms with E-state index < -0.39 is 6.04 Å². The van der Waals surface area contributed by atoms with Gasteiger partial charge in [-0.15, -0.1) is 0 Å². The summed E-state index contributed by atoms with van der Waals surface area (Å²) in [6.07, 6.45) is 1.72. The van der Waals surface area contributed by atoms with Gasteiger partial charge >= 0.3 is 0 Å². The highest BCUT2D eigenvalue weighted by Crippen LogP contribution is 2.29. The molecule has 2 aromatic rings. The van der Waals surface area contributed by atoms with Crippen LogP contribution < -0.4 is 10.5 Å². The maximum absolute atomic E-state index is 6.18. The number of halogens is 1. The quantitative estimate of drug-likeness (QED) is 0.914. The molecule has 6 heteroatoms. The Balaban J connectivity index is 2.29. The lowest BCUT2D eigenvalue weighted by Gasteiger charge is -2.11. The molecule has 0 fully saturated rings. The number of rotatable bonds is 5. The highest BCUT2D eigenvalue weighted by atomic mass is 79.9. The van der Waals surface area contributed by atoms with Crippen molar-refractivity contribution in [2.24, 2.45) is 5.73 Å². The first-order valence-electron chi connectivity index (χ1n) is 6.07. The molecule has 0 radical (unpaired) electrons. The van der Waals surface area contributed by atoms with Crippen LogP contribution in [0.5, 0.6) is 5.75 Å². The Morgan fingerprint density at radius 3 is 2.95 bits per heavy atom. The van der Waals surface area contributed by atoms with Gasteiger partial charge in [0.25, 0.3) is 0 Å². The van der Waals surface area contributed by atoms with Crippen molar-refractivity contribution in [2.45, 2.75) is 25.8 Å². The fourth-order valence-electron chi connectivity index (χ4n) is 1.74. The molecule has 19 heavy (non-hydrogen) atoms. The van der Waals surface area contributed by atoms with Gasteiger partial charge in [-0.3, -0.25) is 0 Å². The van der Waals surface area contributed by atoms with E-state index in [1.807, 2.05) is 18.2 Å². The number of benzene rings is 1. The Labute approximate surface area is 120 Å². The Bertz CT molecular complexity index is 557. The van der Waals surface area contributed by atoms with Crippen LogP contribution in [0.3, 0.4) is 0 Å². The lowest BCUT2D eigenvalue weighted by atomic mass is 10.1. The van der Waals surface area contributed by atoms with Crippen molar-refractivity contribution < 1.29 is 9.26 Å². The maximum atomic E-state index is 6.18. The van der Waals surface area contributed by atoms with Gasteiger partial charge in [0, 0.05) is 10.9 Å². The molecule has 0 saturated heterocycles. The van der Waals surface area contributed by atoms with Crippen LogP contribution in [0.4, 0.5) is 0 Å². The van der Waals surface area contributed by atoms with Crippen LogP contribution in [-0.4, -0.2) is 17.3 Å². The van der Waals surface area contributed by atoms with Crippen LogP contribution >= 0.6 is 15.9 Å². The van der Waals surface area contributed by atoms with Crippen LogP contribution in [0, 0.1) is 0 Å². The second-order valence-electron chi connectivity index (χ2n) is 4.16. The van der Waals surface area contributed by atoms with Gasteiger partial charge in [0.15, 0.2) is 5.82 Å². The summed E-state index contributed by atoms with van der Waals surface area (Å²) in [5, 5.41) is 3.93. The molecule has 0 saturated carbocycles. The van der Waals surface area contributed by atoms with Gasteiger partial charge in [0.1, 0.15) is 5.75 Å². The van der Waals surface area contributed by atoms with Crippen molar-refractivity contribution in [1.82, 2.24) is 10.1 Å². The van der Waals surface area contributed by atoms with Crippen molar-refractivity contribution in [3.63, 3.8) is 0 Å². The average molecular weight is 326 g/mol. The molecule has 1 unspecified atom stereocenters. The fraction of sp³-hybridized carbons (Fsp3) is 0.385. The predicted molar refractivity (Wildman–Crippen MR) is 75.0 cm³/mol. The van der Waals surface area contributed by atoms with Gasteiger partial charge in [0.2, 0.25) is 5.89 Å². The van der Waals surface area contributed by atoms with Crippen LogP contribution in [0.2, 0.25) is 0 Å². The van der Waals surface area contributed by atoms with Crippen LogP contribution in [0.25, 0.3) is 0 Å². The molecule has 1 heterocycles. The minimum atomic E-state index is -0.446. The molecule has 1 atom stereocenters. The van der Waals surface area contributed by atoms with E-state index >= 15 is 0 Å². The van der Waals surface area contributed by atoms with Gasteiger partial charge in [0.05, 0.1) is 13.2 Å². The number of methoxy groups -OCH3 is 1. The number of aromatic nitrogens is 2. The maximum Gasteiger partial charge on any atom is 0.226 e. The third-order valence-electron chi connectivity index (χ3n) is 2.76. The zero-order valence-corrected chi connectivity index (χ0v) is 12.5. The minimum Gasteiger partial charge on any atom is -0.497 e. The largest absolute Gasteiger partial charge is 0.497 e. The molecule has 0 aliphatic heterocycles. The van der Waals surface area contributed by atoms with E-state index in [-0.39, 0.29) is 0 Å². The van der Waals surface area contributed by atoms with E-state index in [1.54, 1.807) is 7.11 Å². The summed E-state index contributed by atoms with van der Waals surface area (Å²) in [4.78, 5) is 4.31. The molecule has 102 valence electrons. The van der Waals surface area contributed by atoms with E-state index in [0.717, 1.165) is 28.6 Å². The topological polar surface area (TPSA) is 74.2 Å². The van der Waals surface area contributed by atoms with Crippen molar-refractivity contribution in [3.05, 3.63) is 40.0 Å². The van der Waals surface area contributed by atoms with E-state index in [0.29, 0.717) is 11.7 Å². The summed E-state index contributed by atoms with van der Waals surface area (Å²) in [6.45, 7) is 2.06. The van der Waals surface area contributed by atoms with Gasteiger partial charge in [-0.1, -0.05) is 28.0 Å². The summed E-state index contributed by atoms with van der Waals surface area (Å²) >= 11 is 3.47. The fourth-order valence-corrected chi connectivity index (χ4v) is 2.23. The number of hydrogen-bond acceptors (Lipinski definition) is 5. The molecule has 0 bridgehead atoms. The third kappa shape index (κ3) is 3.13. The molecule has 0 spiro atoms. The first-order chi connectivity index (χ1) is 9.15. The van der Waals surface area contributed by atoms with Gasteiger partial charge in [-0.05, 0) is 30.2 Å². The molecule has 2 N–H and O–H groups in total. The number of hydrogen-bond donors (Lipinski definition) is 1. The first kappa shape index (κ1) is 14.0. The molecule has 0 aliphatic rings. The number of aryl methyl sites for hydroxylation is 1. The standard InChI is InChI=1S/C13H16BrN3O2/c1-3-4-11-16-13(17-19-11)12(15)9-7-8(18-2)5-6-10(9)14/h5-7,12H,3-4,15H2,1-2H3. The Hall–Kier alpha value is -1.40. The van der Waals surface area contributed by atoms with Crippen molar-refractivity contribution in [1.29, 1.82) is 0 Å². The first-order valence-corrected chi connectivity index (χ1v) is 6.86. The Morgan fingerprint density at radius 1 is 1.47 bits per heavy atom. The average Bonchev–Trinajstić information content (AvgIpc) is 2.88. The predicted octanol–water partition coefficient (Wildman–Crippen LogP) is 2.84. The van der Waals surface area contributed by atoms with E-state index in [2.05, 4.69) is 33.0 Å². The van der Waals surface area contributed by atoms with Crippen LogP contribution in [-0.2, 0) is 6.42 Å². The number of nitrogens with zero attached hydrogens (tertiary/aromatic N) is 2. The molecule has 0 aliphatic carbocycles. The summed E-state index contributed by atoms with van der Waals surface area (Å²) in [6, 6.07) is 5.17. The SMILES string of the molecule is CCCc1nc(C(N)c2cc(OC)ccc2Br)no1. The monoisotopic (exact) mass is 325 g/mol. The smallest absolute Gasteiger partial charge is 0.226 e. The summed E-state index contributed by atoms with van der Waals surface area (Å²) in [5.41, 5.74) is 7.04. The lowest BCUT2D eigenvalue weighted by Crippen LogP contribution is -2.14. The minimum absolute atomic E-state index is 0.446. The highest BCUT2D eigenvalue weighted by molar-refractivity contribution is 9.10. The zero-order chi connectivity index (χ0) is 13.8. The van der Waals surface area contributed by atoms with Crippen LogP contribution in [0.15, 0.2) is 27.2 Å². The van der Waals surface area contributed by atoms with Crippen molar-refractivity contribution in [3.8, 4) is 5.75 Å². The second-order valence-corrected chi connectivity index (χ2v) is 5.02. The highest BCUT2D eigenvalue weighted by Gasteiger charge is 2.19. The zero-order valence-electron chi connectivity index (χ0n) is 10.9. The van der Waals surface area contributed by atoms with Gasteiger partial charge in [-0.2, -0.15) is 4.98 Å². The second kappa shape index (κ2) is 6.16. The van der Waals surface area contributed by atoms with E-state index in [1.165, 1.54) is 0 Å². The van der Waals surface area contributed by atoms with Crippen molar-refractivity contribution >= 4 is 15.9 Å². The van der Waals surface area contributed by atoms with E-state index in [9.17, 15) is 0 Å². The summed E-state index contributed by atoms with van der Waals surface area (Å²) < 4.78 is 11.2. The molecule has 1 aromatic heterocycles. The number of nitrogens with two attached hydrogens (primary N) is 1. The van der Waals surface area contributed by atoms with Crippen molar-refractivity contribution in [2.75, 3.05) is 7.11 Å².